The Morgan fingerprint density at radius 2 is 2.05 bits per heavy atom. The molecular weight excluding hydrogens is 306 g/mol. The molecule has 1 aromatic rings. The van der Waals surface area contributed by atoms with E-state index in [1.807, 2.05) is 6.07 Å². The molecule has 1 heterocycles. The SMILES string of the molecule is CNc1ccccc1C(=O)NCCN1C=C(Cl)C(=O)CC1=O. The van der Waals surface area contributed by atoms with E-state index in [4.69, 9.17) is 11.6 Å². The van der Waals surface area contributed by atoms with Gasteiger partial charge in [0.25, 0.3) is 5.91 Å². The van der Waals surface area contributed by atoms with E-state index in [2.05, 4.69) is 10.6 Å². The Kier molecular flexibility index (Phi) is 5.16. The summed E-state index contributed by atoms with van der Waals surface area (Å²) in [6.07, 6.45) is 1.08. The highest BCUT2D eigenvalue weighted by Crippen LogP contribution is 2.16. The summed E-state index contributed by atoms with van der Waals surface area (Å²) in [7, 11) is 1.74. The number of hydrogen-bond acceptors (Lipinski definition) is 4. The maximum Gasteiger partial charge on any atom is 0.253 e. The third-order valence-electron chi connectivity index (χ3n) is 3.25. The van der Waals surface area contributed by atoms with Crippen LogP contribution in [0, 0.1) is 0 Å². The standard InChI is InChI=1S/C15H16ClN3O3/c1-17-12-5-3-2-4-10(12)15(22)18-6-7-19-9-11(16)13(20)8-14(19)21/h2-5,9,17H,6-8H2,1H3,(H,18,22). The zero-order valence-corrected chi connectivity index (χ0v) is 12.8. The zero-order valence-electron chi connectivity index (χ0n) is 12.1. The molecule has 0 atom stereocenters. The summed E-state index contributed by atoms with van der Waals surface area (Å²) in [6.45, 7) is 0.521. The molecule has 0 unspecified atom stereocenters. The maximum atomic E-state index is 12.1. The first kappa shape index (κ1) is 16.0. The lowest BCUT2D eigenvalue weighted by Gasteiger charge is -2.22. The lowest BCUT2D eigenvalue weighted by molar-refractivity contribution is -0.133. The van der Waals surface area contributed by atoms with Crippen molar-refractivity contribution in [3.63, 3.8) is 0 Å². The number of halogens is 1. The first-order valence-corrected chi connectivity index (χ1v) is 7.15. The average Bonchev–Trinajstić information content (AvgIpc) is 2.52. The summed E-state index contributed by atoms with van der Waals surface area (Å²) in [5.41, 5.74) is 1.25. The molecule has 0 spiro atoms. The number of carbonyl (C=O) groups is 3. The van der Waals surface area contributed by atoms with Crippen molar-refractivity contribution in [2.45, 2.75) is 6.42 Å². The highest BCUT2D eigenvalue weighted by atomic mass is 35.5. The predicted molar refractivity (Wildman–Crippen MR) is 83.6 cm³/mol. The monoisotopic (exact) mass is 321 g/mol. The molecule has 0 saturated carbocycles. The second-order valence-electron chi connectivity index (χ2n) is 4.72. The van der Waals surface area contributed by atoms with E-state index >= 15 is 0 Å². The second-order valence-corrected chi connectivity index (χ2v) is 5.12. The number of hydrogen-bond donors (Lipinski definition) is 2. The largest absolute Gasteiger partial charge is 0.387 e. The van der Waals surface area contributed by atoms with Crippen LogP contribution in [0.1, 0.15) is 16.8 Å². The predicted octanol–water partition coefficient (Wildman–Crippen LogP) is 1.34. The van der Waals surface area contributed by atoms with E-state index in [1.54, 1.807) is 25.2 Å². The fourth-order valence-electron chi connectivity index (χ4n) is 2.08. The summed E-state index contributed by atoms with van der Waals surface area (Å²) in [6, 6.07) is 7.12. The van der Waals surface area contributed by atoms with Crippen LogP contribution in [0.5, 0.6) is 0 Å². The molecule has 7 heteroatoms. The van der Waals surface area contributed by atoms with E-state index in [0.29, 0.717) is 5.56 Å². The average molecular weight is 322 g/mol. The summed E-state index contributed by atoms with van der Waals surface area (Å²) >= 11 is 5.73. The van der Waals surface area contributed by atoms with Crippen LogP contribution in [-0.4, -0.2) is 42.6 Å². The Labute approximate surface area is 133 Å². The van der Waals surface area contributed by atoms with Crippen molar-refractivity contribution < 1.29 is 14.4 Å². The number of ketones is 1. The van der Waals surface area contributed by atoms with Gasteiger partial charge in [-0.15, -0.1) is 0 Å². The van der Waals surface area contributed by atoms with Crippen LogP contribution in [0.3, 0.4) is 0 Å². The molecular formula is C15H16ClN3O3. The third kappa shape index (κ3) is 3.65. The molecule has 1 aliphatic heterocycles. The normalized spacial score (nSPS) is 14.6. The van der Waals surface area contributed by atoms with Crippen LogP contribution in [0.2, 0.25) is 0 Å². The summed E-state index contributed by atoms with van der Waals surface area (Å²) in [4.78, 5) is 36.4. The van der Waals surface area contributed by atoms with E-state index in [1.165, 1.54) is 11.1 Å². The molecule has 0 saturated heterocycles. The minimum atomic E-state index is -0.380. The number of benzene rings is 1. The van der Waals surface area contributed by atoms with Crippen LogP contribution in [-0.2, 0) is 9.59 Å². The van der Waals surface area contributed by atoms with E-state index in [-0.39, 0.29) is 42.1 Å². The summed E-state index contributed by atoms with van der Waals surface area (Å²) in [5, 5.41) is 5.72. The van der Waals surface area contributed by atoms with Gasteiger partial charge < -0.3 is 15.5 Å². The van der Waals surface area contributed by atoms with Crippen molar-refractivity contribution in [1.82, 2.24) is 10.2 Å². The molecule has 0 bridgehead atoms. The highest BCUT2D eigenvalue weighted by molar-refractivity contribution is 6.44. The first-order valence-electron chi connectivity index (χ1n) is 6.78. The fourth-order valence-corrected chi connectivity index (χ4v) is 2.26. The van der Waals surface area contributed by atoms with Gasteiger partial charge in [-0.1, -0.05) is 23.7 Å². The quantitative estimate of drug-likeness (QED) is 0.802. The highest BCUT2D eigenvalue weighted by Gasteiger charge is 2.24. The first-order chi connectivity index (χ1) is 10.5. The topological polar surface area (TPSA) is 78.5 Å². The molecule has 0 fully saturated rings. The van der Waals surface area contributed by atoms with Crippen LogP contribution >= 0.6 is 11.6 Å². The Bertz CT molecular complexity index is 643. The van der Waals surface area contributed by atoms with E-state index < -0.39 is 0 Å². The van der Waals surface area contributed by atoms with Crippen molar-refractivity contribution in [2.24, 2.45) is 0 Å². The van der Waals surface area contributed by atoms with Crippen molar-refractivity contribution in [3.05, 3.63) is 41.1 Å². The van der Waals surface area contributed by atoms with Crippen molar-refractivity contribution in [2.75, 3.05) is 25.5 Å². The van der Waals surface area contributed by atoms with Gasteiger partial charge in [0.15, 0.2) is 5.78 Å². The van der Waals surface area contributed by atoms with E-state index in [9.17, 15) is 14.4 Å². The summed E-state index contributed by atoms with van der Waals surface area (Å²) < 4.78 is 0. The maximum absolute atomic E-state index is 12.1. The smallest absolute Gasteiger partial charge is 0.253 e. The number of amides is 2. The molecule has 2 N–H and O–H groups in total. The number of allylic oxidation sites excluding steroid dienone is 1. The van der Waals surface area contributed by atoms with Gasteiger partial charge in [-0.3, -0.25) is 14.4 Å². The van der Waals surface area contributed by atoms with Crippen molar-refractivity contribution in [3.8, 4) is 0 Å². The fraction of sp³-hybridized carbons (Fsp3) is 0.267. The molecule has 0 aromatic heterocycles. The number of nitrogens with one attached hydrogen (secondary N) is 2. The zero-order chi connectivity index (χ0) is 16.1. The Morgan fingerprint density at radius 3 is 2.77 bits per heavy atom. The Morgan fingerprint density at radius 1 is 1.32 bits per heavy atom. The van der Waals surface area contributed by atoms with Crippen molar-refractivity contribution >= 4 is 34.9 Å². The lowest BCUT2D eigenvalue weighted by Crippen LogP contribution is -2.38. The third-order valence-corrected chi connectivity index (χ3v) is 3.56. The molecule has 116 valence electrons. The molecule has 0 radical (unpaired) electrons. The Hall–Kier alpha value is -2.34. The molecule has 2 amide bonds. The number of rotatable bonds is 5. The Balaban J connectivity index is 1.92. The van der Waals surface area contributed by atoms with Gasteiger partial charge in [0.2, 0.25) is 5.91 Å². The molecule has 6 nitrogen and oxygen atoms in total. The van der Waals surface area contributed by atoms with Crippen LogP contribution in [0.15, 0.2) is 35.5 Å². The van der Waals surface area contributed by atoms with Gasteiger partial charge in [-0.25, -0.2) is 0 Å². The van der Waals surface area contributed by atoms with Crippen LogP contribution in [0.4, 0.5) is 5.69 Å². The number of para-hydroxylation sites is 1. The minimum absolute atomic E-state index is 0.0338. The van der Waals surface area contributed by atoms with Gasteiger partial charge in [0.1, 0.15) is 5.03 Å². The van der Waals surface area contributed by atoms with Gasteiger partial charge in [0, 0.05) is 32.0 Å². The van der Waals surface area contributed by atoms with E-state index in [0.717, 1.165) is 5.69 Å². The van der Waals surface area contributed by atoms with Crippen LogP contribution in [0.25, 0.3) is 0 Å². The summed E-state index contributed by atoms with van der Waals surface area (Å²) in [5.74, 6) is -0.935. The molecule has 1 aliphatic rings. The van der Waals surface area contributed by atoms with Gasteiger partial charge in [0.05, 0.1) is 12.0 Å². The second kappa shape index (κ2) is 7.09. The van der Waals surface area contributed by atoms with Crippen molar-refractivity contribution in [1.29, 1.82) is 0 Å². The van der Waals surface area contributed by atoms with Gasteiger partial charge in [-0.05, 0) is 12.1 Å². The number of anilines is 1. The number of carbonyl (C=O) groups excluding carboxylic acids is 3. The minimum Gasteiger partial charge on any atom is -0.387 e. The molecule has 1 aromatic carbocycles. The molecule has 0 aliphatic carbocycles. The van der Waals surface area contributed by atoms with Gasteiger partial charge in [-0.2, -0.15) is 0 Å². The lowest BCUT2D eigenvalue weighted by atomic mass is 10.1. The molecule has 2 rings (SSSR count). The van der Waals surface area contributed by atoms with Gasteiger partial charge >= 0.3 is 0 Å². The van der Waals surface area contributed by atoms with Crippen LogP contribution < -0.4 is 10.6 Å². The number of Topliss-reactive ketones (excluding diaryl/α,β-unsaturated/α-hetero) is 1. The molecule has 22 heavy (non-hydrogen) atoms. The number of nitrogens with zero attached hydrogens (tertiary/aromatic N) is 1.